The third-order valence-electron chi connectivity index (χ3n) is 6.13. The highest BCUT2D eigenvalue weighted by molar-refractivity contribution is 5.10. The zero-order chi connectivity index (χ0) is 13.7. The van der Waals surface area contributed by atoms with E-state index in [0.29, 0.717) is 6.54 Å². The van der Waals surface area contributed by atoms with Crippen molar-refractivity contribution in [3.63, 3.8) is 0 Å². The van der Waals surface area contributed by atoms with E-state index in [0.717, 1.165) is 41.7 Å². The van der Waals surface area contributed by atoms with Crippen molar-refractivity contribution in [2.75, 3.05) is 0 Å². The summed E-state index contributed by atoms with van der Waals surface area (Å²) >= 11 is 0. The molecule has 1 heterocycles. The van der Waals surface area contributed by atoms with Crippen LogP contribution in [0.2, 0.25) is 0 Å². The second-order valence-electron chi connectivity index (χ2n) is 7.32. The van der Waals surface area contributed by atoms with Gasteiger partial charge in [-0.3, -0.25) is 4.79 Å². The summed E-state index contributed by atoms with van der Waals surface area (Å²) in [6, 6.07) is 3.70. The van der Waals surface area contributed by atoms with Crippen LogP contribution in [0, 0.1) is 29.6 Å². The van der Waals surface area contributed by atoms with Gasteiger partial charge in [-0.2, -0.15) is 0 Å². The van der Waals surface area contributed by atoms with E-state index >= 15 is 0 Å². The van der Waals surface area contributed by atoms with Gasteiger partial charge in [0.05, 0.1) is 0 Å². The fraction of sp³-hybridized carbons (Fsp3) is 0.706. The van der Waals surface area contributed by atoms with E-state index in [1.807, 2.05) is 16.8 Å². The normalized spacial score (nSPS) is 38.4. The lowest BCUT2D eigenvalue weighted by Crippen LogP contribution is -2.47. The summed E-state index contributed by atoms with van der Waals surface area (Å²) in [5, 5.41) is 0. The first kappa shape index (κ1) is 12.6. The zero-order valence-electron chi connectivity index (χ0n) is 12.0. The summed E-state index contributed by atoms with van der Waals surface area (Å²) in [4.78, 5) is 12.2. The predicted octanol–water partition coefficient (Wildman–Crippen LogP) is 2.38. The molecular weight excluding hydrogens is 248 g/mol. The van der Waals surface area contributed by atoms with Gasteiger partial charge in [0.15, 0.2) is 0 Å². The molecule has 20 heavy (non-hydrogen) atoms. The number of nitrogens with zero attached hydrogens (tertiary/aromatic N) is 1. The Balaban J connectivity index is 1.56. The van der Waals surface area contributed by atoms with Crippen LogP contribution in [-0.2, 0) is 13.1 Å². The van der Waals surface area contributed by atoms with Crippen LogP contribution in [0.5, 0.6) is 0 Å². The molecule has 0 spiro atoms. The van der Waals surface area contributed by atoms with Gasteiger partial charge >= 0.3 is 0 Å². The quantitative estimate of drug-likeness (QED) is 0.918. The van der Waals surface area contributed by atoms with Crippen molar-refractivity contribution in [3.8, 4) is 0 Å². The molecule has 4 fully saturated rings. The maximum Gasteiger partial charge on any atom is 0.250 e. The Hall–Kier alpha value is -1.09. The first-order valence-electron chi connectivity index (χ1n) is 8.12. The molecular formula is C17H24N2O. The molecule has 0 amide bonds. The fourth-order valence-corrected chi connectivity index (χ4v) is 5.39. The number of nitrogens with two attached hydrogens (primary N) is 1. The van der Waals surface area contributed by atoms with Crippen LogP contribution in [0.15, 0.2) is 23.1 Å². The SMILES string of the molecule is NCc1ccn(CC2C3CC4CC(C3)CC2C4)c(=O)c1. The molecule has 108 valence electrons. The summed E-state index contributed by atoms with van der Waals surface area (Å²) in [7, 11) is 0. The van der Waals surface area contributed by atoms with Gasteiger partial charge in [0.25, 0.3) is 5.56 Å². The maximum absolute atomic E-state index is 12.2. The molecule has 0 aromatic carbocycles. The Morgan fingerprint density at radius 1 is 1.10 bits per heavy atom. The highest BCUT2D eigenvalue weighted by Gasteiger charge is 2.47. The largest absolute Gasteiger partial charge is 0.326 e. The highest BCUT2D eigenvalue weighted by atomic mass is 16.1. The van der Waals surface area contributed by atoms with Crippen LogP contribution < -0.4 is 11.3 Å². The number of rotatable bonds is 3. The van der Waals surface area contributed by atoms with Crippen molar-refractivity contribution in [2.24, 2.45) is 35.3 Å². The Bertz CT molecular complexity index is 534. The minimum absolute atomic E-state index is 0.127. The lowest BCUT2D eigenvalue weighted by molar-refractivity contribution is -0.0433. The molecule has 1 aromatic rings. The predicted molar refractivity (Wildman–Crippen MR) is 79.1 cm³/mol. The first-order valence-corrected chi connectivity index (χ1v) is 8.12. The van der Waals surface area contributed by atoms with Crippen molar-refractivity contribution < 1.29 is 0 Å². The second kappa shape index (κ2) is 4.73. The topological polar surface area (TPSA) is 48.0 Å². The van der Waals surface area contributed by atoms with Crippen molar-refractivity contribution in [1.29, 1.82) is 0 Å². The minimum atomic E-state index is 0.127. The van der Waals surface area contributed by atoms with E-state index < -0.39 is 0 Å². The van der Waals surface area contributed by atoms with Crippen LogP contribution in [-0.4, -0.2) is 4.57 Å². The lowest BCUT2D eigenvalue weighted by atomic mass is 9.52. The lowest BCUT2D eigenvalue weighted by Gasteiger charge is -2.54. The summed E-state index contributed by atoms with van der Waals surface area (Å²) in [5.74, 6) is 4.51. The molecule has 0 unspecified atom stereocenters. The van der Waals surface area contributed by atoms with Gasteiger partial charge in [-0.15, -0.1) is 0 Å². The molecule has 3 heteroatoms. The molecule has 2 N–H and O–H groups in total. The Kier molecular flexibility index (Phi) is 2.99. The van der Waals surface area contributed by atoms with Gasteiger partial charge in [-0.1, -0.05) is 0 Å². The molecule has 4 aliphatic carbocycles. The van der Waals surface area contributed by atoms with Gasteiger partial charge in [0.2, 0.25) is 0 Å². The molecule has 0 atom stereocenters. The average molecular weight is 272 g/mol. The number of hydrogen-bond donors (Lipinski definition) is 1. The monoisotopic (exact) mass is 272 g/mol. The molecule has 0 radical (unpaired) electrons. The summed E-state index contributed by atoms with van der Waals surface area (Å²) in [5.41, 5.74) is 6.67. The van der Waals surface area contributed by atoms with Gasteiger partial charge in [-0.25, -0.2) is 0 Å². The molecule has 3 nitrogen and oxygen atoms in total. The van der Waals surface area contributed by atoms with E-state index in [9.17, 15) is 4.79 Å². The summed E-state index contributed by atoms with van der Waals surface area (Å²) < 4.78 is 1.92. The van der Waals surface area contributed by atoms with Gasteiger partial charge in [-0.05, 0) is 73.3 Å². The van der Waals surface area contributed by atoms with E-state index in [-0.39, 0.29) is 5.56 Å². The van der Waals surface area contributed by atoms with Crippen molar-refractivity contribution in [1.82, 2.24) is 4.57 Å². The average Bonchev–Trinajstić information content (AvgIpc) is 2.43. The van der Waals surface area contributed by atoms with Crippen molar-refractivity contribution in [3.05, 3.63) is 34.2 Å². The molecule has 5 rings (SSSR count). The van der Waals surface area contributed by atoms with E-state index in [1.54, 1.807) is 6.07 Å². The molecule has 4 bridgehead atoms. The van der Waals surface area contributed by atoms with Crippen molar-refractivity contribution in [2.45, 2.75) is 45.2 Å². The van der Waals surface area contributed by atoms with E-state index in [2.05, 4.69) is 0 Å². The van der Waals surface area contributed by atoms with Crippen LogP contribution in [0.4, 0.5) is 0 Å². The van der Waals surface area contributed by atoms with Crippen LogP contribution in [0.1, 0.15) is 37.7 Å². The smallest absolute Gasteiger partial charge is 0.250 e. The van der Waals surface area contributed by atoms with E-state index in [1.165, 1.54) is 32.1 Å². The first-order chi connectivity index (χ1) is 9.72. The standard InChI is InChI=1S/C17H24N2O/c18-9-11-1-2-19(17(20)8-11)10-16-14-4-12-3-13(6-14)7-15(16)5-12/h1-2,8,12-16H,3-7,9-10,18H2. The Morgan fingerprint density at radius 3 is 2.30 bits per heavy atom. The van der Waals surface area contributed by atoms with Crippen LogP contribution in [0.3, 0.4) is 0 Å². The fourth-order valence-electron chi connectivity index (χ4n) is 5.39. The molecule has 4 saturated carbocycles. The Morgan fingerprint density at radius 2 is 1.75 bits per heavy atom. The van der Waals surface area contributed by atoms with Crippen LogP contribution >= 0.6 is 0 Å². The van der Waals surface area contributed by atoms with Gasteiger partial charge < -0.3 is 10.3 Å². The number of aromatic nitrogens is 1. The number of pyridine rings is 1. The third kappa shape index (κ3) is 2.03. The Labute approximate surface area is 120 Å². The molecule has 0 saturated heterocycles. The zero-order valence-corrected chi connectivity index (χ0v) is 12.0. The summed E-state index contributed by atoms with van der Waals surface area (Å²) in [6.07, 6.45) is 9.14. The highest BCUT2D eigenvalue weighted by Crippen LogP contribution is 2.56. The second-order valence-corrected chi connectivity index (χ2v) is 7.32. The minimum Gasteiger partial charge on any atom is -0.326 e. The third-order valence-corrected chi connectivity index (χ3v) is 6.13. The van der Waals surface area contributed by atoms with Gasteiger partial charge in [0.1, 0.15) is 0 Å². The van der Waals surface area contributed by atoms with Crippen molar-refractivity contribution >= 4 is 0 Å². The molecule has 4 aliphatic rings. The molecule has 0 aliphatic heterocycles. The van der Waals surface area contributed by atoms with Crippen LogP contribution in [0.25, 0.3) is 0 Å². The summed E-state index contributed by atoms with van der Waals surface area (Å²) in [6.45, 7) is 1.38. The maximum atomic E-state index is 12.2. The molecule has 1 aromatic heterocycles. The van der Waals surface area contributed by atoms with Gasteiger partial charge in [0, 0.05) is 25.4 Å². The van der Waals surface area contributed by atoms with E-state index in [4.69, 9.17) is 5.73 Å². The number of hydrogen-bond acceptors (Lipinski definition) is 2.